The van der Waals surface area contributed by atoms with E-state index in [2.05, 4.69) is 6.58 Å². The molecule has 128 valence electrons. The van der Waals surface area contributed by atoms with Crippen molar-refractivity contribution in [1.82, 2.24) is 0 Å². The second-order valence-corrected chi connectivity index (χ2v) is 7.54. The number of nitrogens with zero attached hydrogens (tertiary/aromatic N) is 1. The van der Waals surface area contributed by atoms with Crippen molar-refractivity contribution in [1.29, 1.82) is 0 Å². The smallest absolute Gasteiger partial charge is 0.264 e. The summed E-state index contributed by atoms with van der Waals surface area (Å²) in [7, 11) is -2.09. The van der Waals surface area contributed by atoms with Gasteiger partial charge >= 0.3 is 0 Å². The van der Waals surface area contributed by atoms with Gasteiger partial charge in [0.15, 0.2) is 0 Å². The standard InChI is InChI=1S/C20H19NO3S/c1-3-14-24-19-11-9-18(10-12-19)21(2)25(22,23)20-13-8-16-6-4-5-7-17(16)15-20/h3-13,15H,1,14H2,2H3. The van der Waals surface area contributed by atoms with E-state index in [0.29, 0.717) is 18.0 Å². The van der Waals surface area contributed by atoms with Crippen LogP contribution in [0.3, 0.4) is 0 Å². The van der Waals surface area contributed by atoms with Crippen LogP contribution in [0.5, 0.6) is 5.75 Å². The summed E-state index contributed by atoms with van der Waals surface area (Å²) in [6.45, 7) is 4.00. The molecule has 25 heavy (non-hydrogen) atoms. The van der Waals surface area contributed by atoms with Crippen LogP contribution in [0.15, 0.2) is 84.3 Å². The first-order valence-electron chi connectivity index (χ1n) is 7.84. The number of benzene rings is 3. The van der Waals surface area contributed by atoms with Gasteiger partial charge < -0.3 is 4.74 Å². The Morgan fingerprint density at radius 3 is 2.36 bits per heavy atom. The quantitative estimate of drug-likeness (QED) is 0.623. The van der Waals surface area contributed by atoms with E-state index in [1.807, 2.05) is 30.3 Å². The minimum Gasteiger partial charge on any atom is -0.490 e. The van der Waals surface area contributed by atoms with Crippen LogP contribution in [0.2, 0.25) is 0 Å². The summed E-state index contributed by atoms with van der Waals surface area (Å²) in [5, 5.41) is 1.90. The molecule has 0 bridgehead atoms. The lowest BCUT2D eigenvalue weighted by atomic mass is 10.1. The van der Waals surface area contributed by atoms with Crippen LogP contribution in [0, 0.1) is 0 Å². The molecule has 0 unspecified atom stereocenters. The molecule has 0 aliphatic carbocycles. The summed E-state index contributed by atoms with van der Waals surface area (Å²) in [6, 6.07) is 19.8. The zero-order valence-electron chi connectivity index (χ0n) is 13.9. The van der Waals surface area contributed by atoms with Crippen molar-refractivity contribution in [2.45, 2.75) is 4.90 Å². The Balaban J connectivity index is 1.90. The molecule has 3 aromatic carbocycles. The molecule has 0 saturated carbocycles. The van der Waals surface area contributed by atoms with E-state index >= 15 is 0 Å². The van der Waals surface area contributed by atoms with Crippen LogP contribution >= 0.6 is 0 Å². The third kappa shape index (κ3) is 3.51. The summed E-state index contributed by atoms with van der Waals surface area (Å²) >= 11 is 0. The van der Waals surface area contributed by atoms with Crippen LogP contribution in [-0.4, -0.2) is 22.1 Å². The maximum Gasteiger partial charge on any atom is 0.264 e. The van der Waals surface area contributed by atoms with Gasteiger partial charge in [-0.1, -0.05) is 43.0 Å². The van der Waals surface area contributed by atoms with Gasteiger partial charge in [-0.25, -0.2) is 8.42 Å². The van der Waals surface area contributed by atoms with Gasteiger partial charge in [0.1, 0.15) is 12.4 Å². The number of rotatable bonds is 6. The fourth-order valence-corrected chi connectivity index (χ4v) is 3.76. The van der Waals surface area contributed by atoms with E-state index in [1.54, 1.807) is 49.5 Å². The number of anilines is 1. The summed E-state index contributed by atoms with van der Waals surface area (Å²) in [6.07, 6.45) is 1.66. The average molecular weight is 353 g/mol. The van der Waals surface area contributed by atoms with Gasteiger partial charge in [-0.15, -0.1) is 0 Å². The molecule has 3 aromatic rings. The first-order chi connectivity index (χ1) is 12.0. The lowest BCUT2D eigenvalue weighted by Gasteiger charge is -2.20. The Morgan fingerprint density at radius 2 is 1.68 bits per heavy atom. The van der Waals surface area contributed by atoms with Crippen molar-refractivity contribution in [3.63, 3.8) is 0 Å². The molecule has 0 atom stereocenters. The van der Waals surface area contributed by atoms with Gasteiger partial charge in [0.2, 0.25) is 0 Å². The molecule has 0 fully saturated rings. The maximum atomic E-state index is 12.9. The Bertz CT molecular complexity index is 995. The van der Waals surface area contributed by atoms with Crippen LogP contribution in [0.4, 0.5) is 5.69 Å². The number of sulfonamides is 1. The molecular formula is C20H19NO3S. The van der Waals surface area contributed by atoms with Gasteiger partial charge in [-0.05, 0) is 47.2 Å². The van der Waals surface area contributed by atoms with E-state index in [0.717, 1.165) is 10.8 Å². The lowest BCUT2D eigenvalue weighted by Crippen LogP contribution is -2.26. The summed E-state index contributed by atoms with van der Waals surface area (Å²) in [5.41, 5.74) is 0.569. The molecule has 5 heteroatoms. The van der Waals surface area contributed by atoms with Crippen molar-refractivity contribution >= 4 is 26.5 Å². The van der Waals surface area contributed by atoms with Crippen molar-refractivity contribution in [2.75, 3.05) is 18.0 Å². The van der Waals surface area contributed by atoms with Gasteiger partial charge in [0.05, 0.1) is 10.6 Å². The van der Waals surface area contributed by atoms with Gasteiger partial charge in [-0.2, -0.15) is 0 Å². The zero-order chi connectivity index (χ0) is 17.9. The molecule has 0 radical (unpaired) electrons. The van der Waals surface area contributed by atoms with E-state index in [1.165, 1.54) is 4.31 Å². The molecule has 4 nitrogen and oxygen atoms in total. The molecule has 0 amide bonds. The van der Waals surface area contributed by atoms with Crippen molar-refractivity contribution in [3.05, 3.63) is 79.4 Å². The van der Waals surface area contributed by atoms with Gasteiger partial charge in [0.25, 0.3) is 10.0 Å². The SMILES string of the molecule is C=CCOc1ccc(N(C)S(=O)(=O)c2ccc3ccccc3c2)cc1. The van der Waals surface area contributed by atoms with E-state index in [-0.39, 0.29) is 4.90 Å². The number of hydrogen-bond acceptors (Lipinski definition) is 3. The second-order valence-electron chi connectivity index (χ2n) is 5.58. The van der Waals surface area contributed by atoms with Crippen molar-refractivity contribution < 1.29 is 13.2 Å². The largest absolute Gasteiger partial charge is 0.490 e. The van der Waals surface area contributed by atoms with Gasteiger partial charge in [-0.3, -0.25) is 4.31 Å². The fourth-order valence-electron chi connectivity index (χ4n) is 2.53. The number of fused-ring (bicyclic) bond motifs is 1. The first kappa shape index (κ1) is 17.0. The minimum atomic E-state index is -3.64. The van der Waals surface area contributed by atoms with E-state index < -0.39 is 10.0 Å². The van der Waals surface area contributed by atoms with Crippen molar-refractivity contribution in [3.8, 4) is 5.75 Å². The van der Waals surface area contributed by atoms with Crippen LogP contribution in [-0.2, 0) is 10.0 Å². The molecule has 0 heterocycles. The Morgan fingerprint density at radius 1 is 1.00 bits per heavy atom. The highest BCUT2D eigenvalue weighted by molar-refractivity contribution is 7.92. The summed E-state index contributed by atoms with van der Waals surface area (Å²) < 4.78 is 32.5. The van der Waals surface area contributed by atoms with Crippen LogP contribution < -0.4 is 9.04 Å². The molecule has 0 aromatic heterocycles. The minimum absolute atomic E-state index is 0.265. The topological polar surface area (TPSA) is 46.6 Å². The monoisotopic (exact) mass is 353 g/mol. The maximum absolute atomic E-state index is 12.9. The van der Waals surface area contributed by atoms with E-state index in [9.17, 15) is 8.42 Å². The highest BCUT2D eigenvalue weighted by Crippen LogP contribution is 2.26. The zero-order valence-corrected chi connectivity index (χ0v) is 14.7. The Labute approximate surface area is 148 Å². The average Bonchev–Trinajstić information content (AvgIpc) is 2.65. The lowest BCUT2D eigenvalue weighted by molar-refractivity contribution is 0.363. The highest BCUT2D eigenvalue weighted by atomic mass is 32.2. The molecule has 0 aliphatic rings. The van der Waals surface area contributed by atoms with Gasteiger partial charge in [0, 0.05) is 7.05 Å². The second kappa shape index (κ2) is 6.99. The predicted octanol–water partition coefficient (Wildman–Crippen LogP) is 4.23. The molecule has 0 N–H and O–H groups in total. The molecule has 0 spiro atoms. The highest BCUT2D eigenvalue weighted by Gasteiger charge is 2.21. The Hall–Kier alpha value is -2.79. The summed E-state index contributed by atoms with van der Waals surface area (Å²) in [4.78, 5) is 0.265. The molecular weight excluding hydrogens is 334 g/mol. The van der Waals surface area contributed by atoms with E-state index in [4.69, 9.17) is 4.74 Å². The fraction of sp³-hybridized carbons (Fsp3) is 0.100. The van der Waals surface area contributed by atoms with Crippen molar-refractivity contribution in [2.24, 2.45) is 0 Å². The predicted molar refractivity (Wildman–Crippen MR) is 102 cm³/mol. The Kier molecular flexibility index (Phi) is 4.76. The first-order valence-corrected chi connectivity index (χ1v) is 9.28. The summed E-state index contributed by atoms with van der Waals surface area (Å²) in [5.74, 6) is 0.667. The third-order valence-electron chi connectivity index (χ3n) is 3.95. The number of hydrogen-bond donors (Lipinski definition) is 0. The number of ether oxygens (including phenoxy) is 1. The molecule has 0 saturated heterocycles. The third-order valence-corrected chi connectivity index (χ3v) is 5.73. The molecule has 0 aliphatic heterocycles. The van der Waals surface area contributed by atoms with Crippen LogP contribution in [0.1, 0.15) is 0 Å². The normalized spacial score (nSPS) is 11.2. The van der Waals surface area contributed by atoms with Crippen LogP contribution in [0.25, 0.3) is 10.8 Å². The molecule has 3 rings (SSSR count).